The molecule has 0 unspecified atom stereocenters. The van der Waals surface area contributed by atoms with Crippen LogP contribution < -0.4 is 5.32 Å². The first-order valence-electron chi connectivity index (χ1n) is 5.23. The van der Waals surface area contributed by atoms with Crippen LogP contribution in [-0.2, 0) is 17.8 Å². The molecule has 1 N–H and O–H groups in total. The molecular formula is C12H17NO. The summed E-state index contributed by atoms with van der Waals surface area (Å²) in [4.78, 5) is 0. The van der Waals surface area contributed by atoms with E-state index in [1.807, 2.05) is 0 Å². The van der Waals surface area contributed by atoms with E-state index in [2.05, 4.69) is 37.4 Å². The first kappa shape index (κ1) is 9.53. The van der Waals surface area contributed by atoms with Crippen molar-refractivity contribution in [3.63, 3.8) is 0 Å². The number of hydrogen-bond acceptors (Lipinski definition) is 2. The van der Waals surface area contributed by atoms with Crippen LogP contribution in [0, 0.1) is 0 Å². The highest BCUT2D eigenvalue weighted by Gasteiger charge is 2.13. The zero-order valence-corrected chi connectivity index (χ0v) is 8.84. The standard InChI is InChI=1S/C12H17NO/c1-9(2)14-8-11-5-3-4-10-6-7-13-12(10)11/h3-5,9,13H,6-8H2,1-2H3. The molecule has 0 saturated carbocycles. The number of para-hydroxylation sites is 1. The van der Waals surface area contributed by atoms with Crippen LogP contribution in [0.1, 0.15) is 25.0 Å². The van der Waals surface area contributed by atoms with Crippen LogP contribution in [0.2, 0.25) is 0 Å². The van der Waals surface area contributed by atoms with Gasteiger partial charge in [0.1, 0.15) is 0 Å². The summed E-state index contributed by atoms with van der Waals surface area (Å²) < 4.78 is 5.61. The van der Waals surface area contributed by atoms with E-state index in [0.29, 0.717) is 12.7 Å². The molecule has 0 aromatic heterocycles. The average Bonchev–Trinajstić information content (AvgIpc) is 2.62. The van der Waals surface area contributed by atoms with Gasteiger partial charge in [-0.15, -0.1) is 0 Å². The normalized spacial score (nSPS) is 14.2. The van der Waals surface area contributed by atoms with Crippen molar-refractivity contribution in [2.24, 2.45) is 0 Å². The van der Waals surface area contributed by atoms with Crippen LogP contribution in [-0.4, -0.2) is 12.6 Å². The van der Waals surface area contributed by atoms with Gasteiger partial charge in [0.15, 0.2) is 0 Å². The van der Waals surface area contributed by atoms with Gasteiger partial charge in [0.05, 0.1) is 12.7 Å². The molecule has 1 aliphatic rings. The molecule has 0 spiro atoms. The molecule has 2 rings (SSSR count). The van der Waals surface area contributed by atoms with Crippen LogP contribution >= 0.6 is 0 Å². The van der Waals surface area contributed by atoms with Crippen molar-refractivity contribution in [1.29, 1.82) is 0 Å². The Kier molecular flexibility index (Phi) is 2.73. The Labute approximate surface area is 85.3 Å². The number of rotatable bonds is 3. The fourth-order valence-corrected chi connectivity index (χ4v) is 1.79. The second-order valence-electron chi connectivity index (χ2n) is 3.99. The minimum atomic E-state index is 0.298. The smallest absolute Gasteiger partial charge is 0.0740 e. The average molecular weight is 191 g/mol. The second kappa shape index (κ2) is 4.01. The molecule has 0 saturated heterocycles. The van der Waals surface area contributed by atoms with Crippen LogP contribution in [0.5, 0.6) is 0 Å². The molecule has 0 amide bonds. The lowest BCUT2D eigenvalue weighted by molar-refractivity contribution is 0.0660. The zero-order chi connectivity index (χ0) is 9.97. The molecule has 0 radical (unpaired) electrons. The number of anilines is 1. The van der Waals surface area contributed by atoms with Gasteiger partial charge < -0.3 is 10.1 Å². The van der Waals surface area contributed by atoms with E-state index < -0.39 is 0 Å². The maximum atomic E-state index is 5.61. The Balaban J connectivity index is 2.14. The molecule has 0 atom stereocenters. The topological polar surface area (TPSA) is 21.3 Å². The van der Waals surface area contributed by atoms with Crippen molar-refractivity contribution >= 4 is 5.69 Å². The largest absolute Gasteiger partial charge is 0.384 e. The summed E-state index contributed by atoms with van der Waals surface area (Å²) >= 11 is 0. The third-order valence-electron chi connectivity index (χ3n) is 2.51. The van der Waals surface area contributed by atoms with Gasteiger partial charge in [-0.3, -0.25) is 0 Å². The van der Waals surface area contributed by atoms with Gasteiger partial charge >= 0.3 is 0 Å². The summed E-state index contributed by atoms with van der Waals surface area (Å²) in [5.41, 5.74) is 4.01. The van der Waals surface area contributed by atoms with E-state index in [9.17, 15) is 0 Å². The van der Waals surface area contributed by atoms with Gasteiger partial charge in [-0.1, -0.05) is 18.2 Å². The van der Waals surface area contributed by atoms with E-state index in [0.717, 1.165) is 13.0 Å². The molecule has 1 aliphatic heterocycles. The van der Waals surface area contributed by atoms with Gasteiger partial charge in [-0.25, -0.2) is 0 Å². The fraction of sp³-hybridized carbons (Fsp3) is 0.500. The summed E-state index contributed by atoms with van der Waals surface area (Å²) in [6, 6.07) is 6.44. The summed E-state index contributed by atoms with van der Waals surface area (Å²) in [6.45, 7) is 5.91. The summed E-state index contributed by atoms with van der Waals surface area (Å²) in [7, 11) is 0. The lowest BCUT2D eigenvalue weighted by Gasteiger charge is -2.11. The first-order chi connectivity index (χ1) is 6.77. The third-order valence-corrected chi connectivity index (χ3v) is 2.51. The van der Waals surface area contributed by atoms with Crippen molar-refractivity contribution in [1.82, 2.24) is 0 Å². The molecule has 0 fully saturated rings. The molecule has 14 heavy (non-hydrogen) atoms. The lowest BCUT2D eigenvalue weighted by atomic mass is 10.1. The van der Waals surface area contributed by atoms with Crippen LogP contribution in [0.4, 0.5) is 5.69 Å². The monoisotopic (exact) mass is 191 g/mol. The zero-order valence-electron chi connectivity index (χ0n) is 8.84. The van der Waals surface area contributed by atoms with Crippen molar-refractivity contribution in [2.75, 3.05) is 11.9 Å². The van der Waals surface area contributed by atoms with E-state index >= 15 is 0 Å². The molecule has 1 aromatic rings. The minimum Gasteiger partial charge on any atom is -0.384 e. The van der Waals surface area contributed by atoms with Gasteiger partial charge in [0, 0.05) is 17.8 Å². The lowest BCUT2D eigenvalue weighted by Crippen LogP contribution is -2.04. The minimum absolute atomic E-state index is 0.298. The fourth-order valence-electron chi connectivity index (χ4n) is 1.79. The number of nitrogens with one attached hydrogen (secondary N) is 1. The second-order valence-corrected chi connectivity index (χ2v) is 3.99. The van der Waals surface area contributed by atoms with Crippen molar-refractivity contribution in [3.8, 4) is 0 Å². The Morgan fingerprint density at radius 3 is 3.07 bits per heavy atom. The van der Waals surface area contributed by atoms with Crippen molar-refractivity contribution in [2.45, 2.75) is 33.0 Å². The van der Waals surface area contributed by atoms with E-state index in [-0.39, 0.29) is 0 Å². The van der Waals surface area contributed by atoms with Gasteiger partial charge in [-0.05, 0) is 25.8 Å². The molecule has 0 aliphatic carbocycles. The number of hydrogen-bond donors (Lipinski definition) is 1. The molecule has 1 aromatic carbocycles. The maximum Gasteiger partial charge on any atom is 0.0740 e. The summed E-state index contributed by atoms with van der Waals surface area (Å²) in [6.07, 6.45) is 1.44. The molecule has 0 bridgehead atoms. The molecular weight excluding hydrogens is 174 g/mol. The SMILES string of the molecule is CC(C)OCc1cccc2c1NCC2. The van der Waals surface area contributed by atoms with E-state index in [1.54, 1.807) is 0 Å². The van der Waals surface area contributed by atoms with Gasteiger partial charge in [0.2, 0.25) is 0 Å². The predicted molar refractivity (Wildman–Crippen MR) is 58.6 cm³/mol. The number of ether oxygens (including phenoxy) is 1. The predicted octanol–water partition coefficient (Wildman–Crippen LogP) is 2.58. The highest BCUT2D eigenvalue weighted by molar-refractivity contribution is 5.60. The van der Waals surface area contributed by atoms with Crippen molar-refractivity contribution < 1.29 is 4.74 Å². The Morgan fingerprint density at radius 2 is 2.29 bits per heavy atom. The van der Waals surface area contributed by atoms with E-state index in [1.165, 1.54) is 16.8 Å². The molecule has 2 heteroatoms. The van der Waals surface area contributed by atoms with Crippen LogP contribution in [0.25, 0.3) is 0 Å². The van der Waals surface area contributed by atoms with Crippen LogP contribution in [0.15, 0.2) is 18.2 Å². The number of fused-ring (bicyclic) bond motifs is 1. The molecule has 2 nitrogen and oxygen atoms in total. The summed E-state index contributed by atoms with van der Waals surface area (Å²) in [5, 5.41) is 3.41. The maximum absolute atomic E-state index is 5.61. The van der Waals surface area contributed by atoms with Crippen LogP contribution in [0.3, 0.4) is 0 Å². The Hall–Kier alpha value is -1.02. The highest BCUT2D eigenvalue weighted by atomic mass is 16.5. The Bertz CT molecular complexity index is 320. The molecule has 1 heterocycles. The highest BCUT2D eigenvalue weighted by Crippen LogP contribution is 2.26. The van der Waals surface area contributed by atoms with Crippen molar-refractivity contribution in [3.05, 3.63) is 29.3 Å². The quantitative estimate of drug-likeness (QED) is 0.793. The third kappa shape index (κ3) is 1.90. The first-order valence-corrected chi connectivity index (χ1v) is 5.23. The molecule has 76 valence electrons. The Morgan fingerprint density at radius 1 is 1.43 bits per heavy atom. The van der Waals surface area contributed by atoms with E-state index in [4.69, 9.17) is 4.74 Å². The van der Waals surface area contributed by atoms with Gasteiger partial charge in [0.25, 0.3) is 0 Å². The number of benzene rings is 1. The van der Waals surface area contributed by atoms with Gasteiger partial charge in [-0.2, -0.15) is 0 Å². The summed E-state index contributed by atoms with van der Waals surface area (Å²) in [5.74, 6) is 0.